The average molecular weight is 164 g/mol. The number of nitrogens with two attached hydrogens (primary N) is 1. The molecule has 0 spiro atoms. The summed E-state index contributed by atoms with van der Waals surface area (Å²) in [7, 11) is 0. The Morgan fingerprint density at radius 1 is 1.75 bits per heavy atom. The van der Waals surface area contributed by atoms with Gasteiger partial charge in [-0.3, -0.25) is 9.78 Å². The summed E-state index contributed by atoms with van der Waals surface area (Å²) >= 11 is 0. The van der Waals surface area contributed by atoms with E-state index < -0.39 is 0 Å². The molecule has 3 heteroatoms. The fourth-order valence-corrected chi connectivity index (χ4v) is 0.996. The molecule has 0 aliphatic heterocycles. The summed E-state index contributed by atoms with van der Waals surface area (Å²) < 4.78 is 0. The smallest absolute Gasteiger partial charge is 0.168 e. The van der Waals surface area contributed by atoms with Crippen LogP contribution in [0.15, 0.2) is 18.3 Å². The lowest BCUT2D eigenvalue weighted by atomic mass is 10.1. The molecule has 0 saturated carbocycles. The molecule has 3 nitrogen and oxygen atoms in total. The van der Waals surface area contributed by atoms with Gasteiger partial charge in [-0.25, -0.2) is 0 Å². The van der Waals surface area contributed by atoms with E-state index in [9.17, 15) is 4.79 Å². The highest BCUT2D eigenvalue weighted by Crippen LogP contribution is 2.12. The normalized spacial score (nSPS) is 12.5. The first kappa shape index (κ1) is 8.87. The Labute approximate surface area is 71.6 Å². The third-order valence-corrected chi connectivity index (χ3v) is 1.79. The Balaban J connectivity index is 2.93. The molecule has 0 aliphatic rings. The minimum atomic E-state index is 0.00620. The highest BCUT2D eigenvalue weighted by molar-refractivity contribution is 5.71. The van der Waals surface area contributed by atoms with Gasteiger partial charge in [-0.1, -0.05) is 6.92 Å². The Kier molecular flexibility index (Phi) is 2.94. The van der Waals surface area contributed by atoms with Gasteiger partial charge >= 0.3 is 0 Å². The zero-order valence-electron chi connectivity index (χ0n) is 7.03. The number of carbonyl (C=O) groups is 1. The fourth-order valence-electron chi connectivity index (χ4n) is 0.996. The maximum atomic E-state index is 10.4. The molecule has 0 fully saturated rings. The lowest BCUT2D eigenvalue weighted by molar-refractivity contribution is 0.111. The van der Waals surface area contributed by atoms with Gasteiger partial charge in [0.25, 0.3) is 0 Å². The molecule has 0 saturated heterocycles. The number of nitrogens with zero attached hydrogens (tertiary/aromatic N) is 1. The van der Waals surface area contributed by atoms with Crippen molar-refractivity contribution < 1.29 is 4.79 Å². The Morgan fingerprint density at radius 3 is 3.08 bits per heavy atom. The maximum absolute atomic E-state index is 10.4. The number of pyridine rings is 1. The summed E-state index contributed by atoms with van der Waals surface area (Å²) in [5.74, 6) is 0. The first-order valence-electron chi connectivity index (χ1n) is 3.94. The van der Waals surface area contributed by atoms with Crippen molar-refractivity contribution in [1.82, 2.24) is 4.98 Å². The number of hydrogen-bond donors (Lipinski definition) is 1. The van der Waals surface area contributed by atoms with Crippen LogP contribution in [0.2, 0.25) is 0 Å². The van der Waals surface area contributed by atoms with Gasteiger partial charge in [0, 0.05) is 12.2 Å². The predicted molar refractivity (Wildman–Crippen MR) is 46.8 cm³/mol. The van der Waals surface area contributed by atoms with Gasteiger partial charge in [0.05, 0.1) is 0 Å². The largest absolute Gasteiger partial charge is 0.324 e. The SMILES string of the molecule is CC[C@H](N)c1ccnc(C=O)c1. The van der Waals surface area contributed by atoms with Gasteiger partial charge < -0.3 is 5.73 Å². The summed E-state index contributed by atoms with van der Waals surface area (Å²) in [6.45, 7) is 2.01. The van der Waals surface area contributed by atoms with Crippen molar-refractivity contribution in [2.75, 3.05) is 0 Å². The standard InChI is InChI=1S/C9H12N2O/c1-2-9(10)7-3-4-11-8(5-7)6-12/h3-6,9H,2,10H2,1H3/t9-/m0/s1. The molecular weight excluding hydrogens is 152 g/mol. The summed E-state index contributed by atoms with van der Waals surface area (Å²) in [6, 6.07) is 3.56. The zero-order valence-corrected chi connectivity index (χ0v) is 7.03. The van der Waals surface area contributed by atoms with Crippen LogP contribution in [0.5, 0.6) is 0 Å². The molecule has 0 unspecified atom stereocenters. The molecule has 1 heterocycles. The van der Waals surface area contributed by atoms with Crippen LogP contribution < -0.4 is 5.73 Å². The molecule has 1 aromatic rings. The second-order valence-corrected chi connectivity index (χ2v) is 2.65. The van der Waals surface area contributed by atoms with Gasteiger partial charge in [-0.15, -0.1) is 0 Å². The molecule has 0 bridgehead atoms. The molecular formula is C9H12N2O. The van der Waals surface area contributed by atoms with Crippen LogP contribution in [0.1, 0.15) is 35.4 Å². The molecule has 0 amide bonds. The lowest BCUT2D eigenvalue weighted by Gasteiger charge is -2.07. The molecule has 1 aromatic heterocycles. The summed E-state index contributed by atoms with van der Waals surface area (Å²) in [6.07, 6.45) is 3.20. The second-order valence-electron chi connectivity index (χ2n) is 2.65. The molecule has 0 aliphatic carbocycles. The molecule has 1 atom stereocenters. The minimum absolute atomic E-state index is 0.00620. The Hall–Kier alpha value is -1.22. The highest BCUT2D eigenvalue weighted by atomic mass is 16.1. The molecule has 0 radical (unpaired) electrons. The van der Waals surface area contributed by atoms with Crippen molar-refractivity contribution in [2.45, 2.75) is 19.4 Å². The summed E-state index contributed by atoms with van der Waals surface area (Å²) in [5.41, 5.74) is 7.18. The Bertz CT molecular complexity index is 273. The van der Waals surface area contributed by atoms with Crippen LogP contribution in [0.4, 0.5) is 0 Å². The Morgan fingerprint density at radius 2 is 2.50 bits per heavy atom. The van der Waals surface area contributed by atoms with E-state index in [1.807, 2.05) is 13.0 Å². The quantitative estimate of drug-likeness (QED) is 0.685. The lowest BCUT2D eigenvalue weighted by Crippen LogP contribution is -2.09. The van der Waals surface area contributed by atoms with Crippen LogP contribution in [-0.2, 0) is 0 Å². The molecule has 0 aromatic carbocycles. The maximum Gasteiger partial charge on any atom is 0.168 e. The van der Waals surface area contributed by atoms with Crippen molar-refractivity contribution in [3.8, 4) is 0 Å². The molecule has 1 rings (SSSR count). The second kappa shape index (κ2) is 3.97. The van der Waals surface area contributed by atoms with E-state index in [1.165, 1.54) is 0 Å². The zero-order chi connectivity index (χ0) is 8.97. The third kappa shape index (κ3) is 1.89. The van der Waals surface area contributed by atoms with E-state index >= 15 is 0 Å². The van der Waals surface area contributed by atoms with Crippen molar-refractivity contribution in [2.24, 2.45) is 5.73 Å². The number of carbonyl (C=O) groups excluding carboxylic acids is 1. The van der Waals surface area contributed by atoms with Gasteiger partial charge in [-0.2, -0.15) is 0 Å². The third-order valence-electron chi connectivity index (χ3n) is 1.79. The summed E-state index contributed by atoms with van der Waals surface area (Å²) in [4.78, 5) is 14.2. The predicted octanol–water partition coefficient (Wildman–Crippen LogP) is 1.30. The van der Waals surface area contributed by atoms with Crippen LogP contribution in [0.3, 0.4) is 0 Å². The fraction of sp³-hybridized carbons (Fsp3) is 0.333. The first-order chi connectivity index (χ1) is 5.77. The molecule has 64 valence electrons. The van der Waals surface area contributed by atoms with Gasteiger partial charge in [0.1, 0.15) is 5.69 Å². The van der Waals surface area contributed by atoms with Gasteiger partial charge in [0.2, 0.25) is 0 Å². The molecule has 2 N–H and O–H groups in total. The monoisotopic (exact) mass is 164 g/mol. The van der Waals surface area contributed by atoms with Gasteiger partial charge in [0.15, 0.2) is 6.29 Å². The van der Waals surface area contributed by atoms with Gasteiger partial charge in [-0.05, 0) is 24.1 Å². The van der Waals surface area contributed by atoms with E-state index in [4.69, 9.17) is 5.73 Å². The first-order valence-corrected chi connectivity index (χ1v) is 3.94. The van der Waals surface area contributed by atoms with E-state index in [0.717, 1.165) is 18.3 Å². The van der Waals surface area contributed by atoms with E-state index in [0.29, 0.717) is 5.69 Å². The van der Waals surface area contributed by atoms with Crippen molar-refractivity contribution in [3.63, 3.8) is 0 Å². The number of aromatic nitrogens is 1. The molecule has 12 heavy (non-hydrogen) atoms. The van der Waals surface area contributed by atoms with Crippen LogP contribution in [-0.4, -0.2) is 11.3 Å². The average Bonchev–Trinajstić information content (AvgIpc) is 2.17. The number of rotatable bonds is 3. The van der Waals surface area contributed by atoms with Crippen molar-refractivity contribution in [3.05, 3.63) is 29.6 Å². The van der Waals surface area contributed by atoms with Crippen LogP contribution in [0.25, 0.3) is 0 Å². The van der Waals surface area contributed by atoms with E-state index in [1.54, 1.807) is 12.3 Å². The van der Waals surface area contributed by atoms with E-state index in [-0.39, 0.29) is 6.04 Å². The van der Waals surface area contributed by atoms with Crippen LogP contribution in [0, 0.1) is 0 Å². The van der Waals surface area contributed by atoms with E-state index in [2.05, 4.69) is 4.98 Å². The number of aldehydes is 1. The van der Waals surface area contributed by atoms with Crippen molar-refractivity contribution >= 4 is 6.29 Å². The summed E-state index contributed by atoms with van der Waals surface area (Å²) in [5, 5.41) is 0. The topological polar surface area (TPSA) is 56.0 Å². The van der Waals surface area contributed by atoms with Crippen molar-refractivity contribution in [1.29, 1.82) is 0 Å². The van der Waals surface area contributed by atoms with Crippen LogP contribution >= 0.6 is 0 Å². The minimum Gasteiger partial charge on any atom is -0.324 e. The highest BCUT2D eigenvalue weighted by Gasteiger charge is 2.03. The number of hydrogen-bond acceptors (Lipinski definition) is 3.